The summed E-state index contributed by atoms with van der Waals surface area (Å²) in [5.74, 6) is 0.126. The van der Waals surface area contributed by atoms with Crippen molar-refractivity contribution in [1.82, 2.24) is 4.57 Å². The Morgan fingerprint density at radius 2 is 1.94 bits per heavy atom. The molecule has 4 heteroatoms. The topological polar surface area (TPSA) is 66.1 Å². The van der Waals surface area contributed by atoms with Gasteiger partial charge in [-0.3, -0.25) is 9.36 Å². The predicted octanol–water partition coefficient (Wildman–Crippen LogP) is 2.23. The summed E-state index contributed by atoms with van der Waals surface area (Å²) in [7, 11) is 0. The number of hydrogen-bond acceptors (Lipinski definition) is 3. The molecule has 0 bridgehead atoms. The van der Waals surface area contributed by atoms with Crippen LogP contribution in [0.25, 0.3) is 0 Å². The van der Waals surface area contributed by atoms with Gasteiger partial charge in [-0.25, -0.2) is 0 Å². The molecular formula is C14H20N2O2. The highest BCUT2D eigenvalue weighted by atomic mass is 16.3. The van der Waals surface area contributed by atoms with Gasteiger partial charge in [0.1, 0.15) is 0 Å². The molecule has 0 spiro atoms. The Hall–Kier alpha value is -1.58. The fourth-order valence-electron chi connectivity index (χ4n) is 2.77. The fraction of sp³-hybridized carbons (Fsp3) is 0.571. The monoisotopic (exact) mass is 248 g/mol. The Kier molecular flexibility index (Phi) is 3.55. The Bertz CT molecular complexity index is 544. The molecule has 0 saturated carbocycles. The van der Waals surface area contributed by atoms with Gasteiger partial charge in [0.05, 0.1) is 5.56 Å². The lowest BCUT2D eigenvalue weighted by Crippen LogP contribution is -2.30. The molecule has 0 aromatic carbocycles. The predicted molar refractivity (Wildman–Crippen MR) is 71.8 cm³/mol. The van der Waals surface area contributed by atoms with Crippen molar-refractivity contribution in [3.63, 3.8) is 0 Å². The smallest absolute Gasteiger partial charge is 0.262 e. The van der Waals surface area contributed by atoms with Gasteiger partial charge < -0.3 is 10.5 Å². The van der Waals surface area contributed by atoms with Crippen molar-refractivity contribution >= 4 is 5.71 Å². The molecule has 0 fully saturated rings. The maximum absolute atomic E-state index is 12.4. The summed E-state index contributed by atoms with van der Waals surface area (Å²) < 4.78 is 1.43. The second kappa shape index (κ2) is 4.96. The molecule has 1 heterocycles. The van der Waals surface area contributed by atoms with Gasteiger partial charge in [-0.15, -0.1) is 0 Å². The van der Waals surface area contributed by atoms with Gasteiger partial charge in [-0.2, -0.15) is 0 Å². The molecule has 0 atom stereocenters. The number of fused-ring (bicyclic) bond motifs is 1. The summed E-state index contributed by atoms with van der Waals surface area (Å²) in [6.45, 7) is 4.14. The van der Waals surface area contributed by atoms with E-state index in [1.54, 1.807) is 6.92 Å². The highest BCUT2D eigenvalue weighted by Gasteiger charge is 2.23. The minimum atomic E-state index is -0.206. The number of nitrogens with one attached hydrogen (secondary N) is 1. The van der Waals surface area contributed by atoms with E-state index in [-0.39, 0.29) is 11.4 Å². The highest BCUT2D eigenvalue weighted by molar-refractivity contribution is 5.97. The molecule has 1 aliphatic rings. The Labute approximate surface area is 107 Å². The molecule has 0 saturated heterocycles. The molecular weight excluding hydrogens is 228 g/mol. The number of aromatic nitrogens is 1. The number of aromatic hydroxyl groups is 1. The number of nitrogens with zero attached hydrogens (tertiary/aromatic N) is 1. The molecule has 2 N–H and O–H groups in total. The van der Waals surface area contributed by atoms with Crippen LogP contribution in [0.4, 0.5) is 0 Å². The van der Waals surface area contributed by atoms with Crippen LogP contribution < -0.4 is 5.56 Å². The van der Waals surface area contributed by atoms with E-state index in [9.17, 15) is 9.90 Å². The summed E-state index contributed by atoms with van der Waals surface area (Å²) >= 11 is 0. The molecule has 0 unspecified atom stereocenters. The van der Waals surface area contributed by atoms with Crippen LogP contribution in [0.5, 0.6) is 5.88 Å². The van der Waals surface area contributed by atoms with Crippen molar-refractivity contribution in [3.05, 3.63) is 27.0 Å². The van der Waals surface area contributed by atoms with E-state index in [0.29, 0.717) is 17.8 Å². The average molecular weight is 248 g/mol. The number of hydrogen-bond donors (Lipinski definition) is 2. The molecule has 1 aliphatic carbocycles. The standard InChI is InChI=1S/C14H20N2O2/c1-3-8-16-13(17)11-7-5-4-6-10(11)12(9(2)15)14(16)18/h15,17H,3-8H2,1-2H3. The van der Waals surface area contributed by atoms with Crippen LogP contribution in [0.15, 0.2) is 4.79 Å². The average Bonchev–Trinajstić information content (AvgIpc) is 2.34. The second-order valence-electron chi connectivity index (χ2n) is 4.94. The Morgan fingerprint density at radius 3 is 2.50 bits per heavy atom. The SMILES string of the molecule is CCCn1c(O)c2c(c(C(C)=N)c1=O)CCCC2. The molecule has 0 aliphatic heterocycles. The summed E-state index contributed by atoms with van der Waals surface area (Å²) in [6, 6.07) is 0. The zero-order valence-corrected chi connectivity index (χ0v) is 11.0. The molecule has 18 heavy (non-hydrogen) atoms. The van der Waals surface area contributed by atoms with Crippen LogP contribution in [0.3, 0.4) is 0 Å². The van der Waals surface area contributed by atoms with Crippen molar-refractivity contribution in [2.45, 2.75) is 52.5 Å². The van der Waals surface area contributed by atoms with Gasteiger partial charge >= 0.3 is 0 Å². The number of pyridine rings is 1. The van der Waals surface area contributed by atoms with Crippen LogP contribution in [0.1, 0.15) is 49.8 Å². The van der Waals surface area contributed by atoms with E-state index in [1.807, 2.05) is 6.92 Å². The van der Waals surface area contributed by atoms with E-state index >= 15 is 0 Å². The molecule has 1 aromatic heterocycles. The third kappa shape index (κ3) is 1.96. The first-order valence-electron chi connectivity index (χ1n) is 6.61. The summed E-state index contributed by atoms with van der Waals surface area (Å²) in [5, 5.41) is 18.1. The van der Waals surface area contributed by atoms with Gasteiger partial charge in [0.25, 0.3) is 5.56 Å². The maximum atomic E-state index is 12.4. The van der Waals surface area contributed by atoms with Crippen LogP contribution >= 0.6 is 0 Å². The quantitative estimate of drug-likeness (QED) is 0.805. The lowest BCUT2D eigenvalue weighted by molar-refractivity contribution is 0.392. The first kappa shape index (κ1) is 12.9. The van der Waals surface area contributed by atoms with Gasteiger partial charge in [-0.1, -0.05) is 6.92 Å². The first-order chi connectivity index (χ1) is 8.57. The van der Waals surface area contributed by atoms with Crippen molar-refractivity contribution in [1.29, 1.82) is 5.41 Å². The third-order valence-electron chi connectivity index (χ3n) is 3.58. The van der Waals surface area contributed by atoms with Gasteiger partial charge in [0, 0.05) is 17.8 Å². The van der Waals surface area contributed by atoms with Crippen LogP contribution in [0.2, 0.25) is 0 Å². The first-order valence-corrected chi connectivity index (χ1v) is 6.61. The fourth-order valence-corrected chi connectivity index (χ4v) is 2.77. The second-order valence-corrected chi connectivity index (χ2v) is 4.94. The van der Waals surface area contributed by atoms with Gasteiger partial charge in [0.2, 0.25) is 0 Å². The minimum absolute atomic E-state index is 0.126. The third-order valence-corrected chi connectivity index (χ3v) is 3.58. The molecule has 0 radical (unpaired) electrons. The highest BCUT2D eigenvalue weighted by Crippen LogP contribution is 2.29. The molecule has 98 valence electrons. The molecule has 0 amide bonds. The maximum Gasteiger partial charge on any atom is 0.262 e. The van der Waals surface area contributed by atoms with Gasteiger partial charge in [0.15, 0.2) is 5.88 Å². The van der Waals surface area contributed by atoms with Crippen LogP contribution in [-0.4, -0.2) is 15.4 Å². The Morgan fingerprint density at radius 1 is 1.33 bits per heavy atom. The largest absolute Gasteiger partial charge is 0.494 e. The van der Waals surface area contributed by atoms with Crippen molar-refractivity contribution in [3.8, 4) is 5.88 Å². The van der Waals surface area contributed by atoms with E-state index in [1.165, 1.54) is 4.57 Å². The zero-order valence-electron chi connectivity index (χ0n) is 11.0. The summed E-state index contributed by atoms with van der Waals surface area (Å²) in [6.07, 6.45) is 4.48. The van der Waals surface area contributed by atoms with Crippen LogP contribution in [-0.2, 0) is 19.4 Å². The summed E-state index contributed by atoms with van der Waals surface area (Å²) in [4.78, 5) is 12.4. The van der Waals surface area contributed by atoms with E-state index in [2.05, 4.69) is 0 Å². The van der Waals surface area contributed by atoms with Crippen molar-refractivity contribution in [2.75, 3.05) is 0 Å². The summed E-state index contributed by atoms with van der Waals surface area (Å²) in [5.41, 5.74) is 2.40. The zero-order chi connectivity index (χ0) is 13.3. The molecule has 1 aromatic rings. The molecule has 4 nitrogen and oxygen atoms in total. The van der Waals surface area contributed by atoms with E-state index < -0.39 is 0 Å². The number of rotatable bonds is 3. The minimum Gasteiger partial charge on any atom is -0.494 e. The van der Waals surface area contributed by atoms with E-state index in [0.717, 1.165) is 43.2 Å². The normalized spacial score (nSPS) is 14.3. The Balaban J connectivity index is 2.76. The lowest BCUT2D eigenvalue weighted by Gasteiger charge is -2.22. The van der Waals surface area contributed by atoms with Crippen molar-refractivity contribution < 1.29 is 5.11 Å². The van der Waals surface area contributed by atoms with E-state index in [4.69, 9.17) is 5.41 Å². The molecule has 2 rings (SSSR count). The lowest BCUT2D eigenvalue weighted by atomic mass is 9.88. The van der Waals surface area contributed by atoms with Crippen molar-refractivity contribution in [2.24, 2.45) is 0 Å². The van der Waals surface area contributed by atoms with Gasteiger partial charge in [-0.05, 0) is 44.6 Å². The van der Waals surface area contributed by atoms with Crippen LogP contribution in [0, 0.1) is 5.41 Å².